The first-order valence-corrected chi connectivity index (χ1v) is 13.9. The number of aryl methyl sites for hydroxylation is 2. The van der Waals surface area contributed by atoms with Gasteiger partial charge in [0.05, 0.1) is 17.0 Å². The Morgan fingerprint density at radius 2 is 1.64 bits per heavy atom. The Hall–Kier alpha value is -2.84. The highest BCUT2D eigenvalue weighted by Crippen LogP contribution is 2.34. The summed E-state index contributed by atoms with van der Waals surface area (Å²) in [7, 11) is -4.11. The van der Waals surface area contributed by atoms with Crippen LogP contribution in [0.2, 0.25) is 0 Å². The number of carbonyl (C=O) groups excluding carboxylic acids is 2. The van der Waals surface area contributed by atoms with Gasteiger partial charge in [0, 0.05) is 6.54 Å². The number of sulfonamides is 1. The molecule has 1 saturated heterocycles. The fourth-order valence-corrected chi connectivity index (χ4v) is 7.38. The van der Waals surface area contributed by atoms with Crippen molar-refractivity contribution >= 4 is 27.5 Å². The van der Waals surface area contributed by atoms with Gasteiger partial charge in [-0.05, 0) is 106 Å². The molecule has 1 unspecified atom stereocenters. The van der Waals surface area contributed by atoms with Crippen LogP contribution >= 0.6 is 0 Å². The third-order valence-corrected chi connectivity index (χ3v) is 9.64. The van der Waals surface area contributed by atoms with Crippen LogP contribution in [0.1, 0.15) is 60.8 Å². The van der Waals surface area contributed by atoms with Gasteiger partial charge >= 0.3 is 0 Å². The average Bonchev–Trinajstić information content (AvgIpc) is 3.12. The van der Waals surface area contributed by atoms with Gasteiger partial charge in [-0.1, -0.05) is 17.7 Å². The van der Waals surface area contributed by atoms with E-state index in [0.717, 1.165) is 41.7 Å². The lowest BCUT2D eigenvalue weighted by Gasteiger charge is -2.29. The summed E-state index contributed by atoms with van der Waals surface area (Å²) in [6.07, 6.45) is 6.48. The summed E-state index contributed by atoms with van der Waals surface area (Å²) in [4.78, 5) is 27.7. The number of anilines is 1. The van der Waals surface area contributed by atoms with Crippen LogP contribution < -0.4 is 4.90 Å². The Kier molecular flexibility index (Phi) is 7.48. The van der Waals surface area contributed by atoms with Gasteiger partial charge in [-0.15, -0.1) is 0 Å². The average molecular weight is 513 g/mol. The molecule has 192 valence electrons. The third kappa shape index (κ3) is 4.89. The predicted octanol–water partition coefficient (Wildman–Crippen LogP) is 5.27. The predicted molar refractivity (Wildman–Crippen MR) is 138 cm³/mol. The molecule has 6 nitrogen and oxygen atoms in total. The first-order chi connectivity index (χ1) is 17.0. The van der Waals surface area contributed by atoms with Crippen molar-refractivity contribution in [1.29, 1.82) is 0 Å². The Morgan fingerprint density at radius 3 is 2.22 bits per heavy atom. The highest BCUT2D eigenvalue weighted by Gasteiger charge is 2.47. The van der Waals surface area contributed by atoms with Gasteiger partial charge in [-0.25, -0.2) is 17.7 Å². The molecule has 4 rings (SSSR count). The molecule has 2 amide bonds. The number of allylic oxidation sites excluding steroid dienone is 1. The van der Waals surface area contributed by atoms with Crippen LogP contribution in [-0.2, 0) is 19.6 Å². The van der Waals surface area contributed by atoms with E-state index in [-0.39, 0.29) is 23.5 Å². The van der Waals surface area contributed by atoms with Crippen LogP contribution in [-0.4, -0.2) is 37.1 Å². The Bertz CT molecular complexity index is 1310. The fraction of sp³-hybridized carbons (Fsp3) is 0.429. The molecule has 1 aliphatic carbocycles. The fourth-order valence-electron chi connectivity index (χ4n) is 5.22. The summed E-state index contributed by atoms with van der Waals surface area (Å²) in [6.45, 7) is 7.42. The molecule has 0 spiro atoms. The summed E-state index contributed by atoms with van der Waals surface area (Å²) in [5, 5.41) is 0. The summed E-state index contributed by atoms with van der Waals surface area (Å²) in [5.74, 6) is -1.59. The molecular weight excluding hydrogens is 479 g/mol. The number of nitrogens with zero attached hydrogens (tertiary/aromatic N) is 2. The zero-order valence-corrected chi connectivity index (χ0v) is 22.1. The lowest BCUT2D eigenvalue weighted by atomic mass is 9.97. The second-order valence-corrected chi connectivity index (χ2v) is 11.7. The van der Waals surface area contributed by atoms with Crippen LogP contribution in [0.4, 0.5) is 10.1 Å². The SMILES string of the molecule is Cc1cc(C)c(C)c(S(=O)(=O)N(CCC2=CCCCC2)C2CC(=O)N(c3ccc(F)cc3)C2=O)c1C. The van der Waals surface area contributed by atoms with Crippen molar-refractivity contribution in [3.05, 3.63) is 70.1 Å². The van der Waals surface area contributed by atoms with Crippen LogP contribution in [0, 0.1) is 33.5 Å². The summed E-state index contributed by atoms with van der Waals surface area (Å²) < 4.78 is 43.2. The van der Waals surface area contributed by atoms with Crippen LogP contribution in [0.3, 0.4) is 0 Å². The topological polar surface area (TPSA) is 74.8 Å². The first kappa shape index (κ1) is 26.2. The number of hydrogen-bond acceptors (Lipinski definition) is 4. The van der Waals surface area contributed by atoms with E-state index < -0.39 is 33.7 Å². The second-order valence-electron chi connectivity index (χ2n) is 9.83. The monoisotopic (exact) mass is 512 g/mol. The van der Waals surface area contributed by atoms with Crippen molar-refractivity contribution in [2.24, 2.45) is 0 Å². The molecule has 1 heterocycles. The van der Waals surface area contributed by atoms with Crippen LogP contribution in [0.5, 0.6) is 0 Å². The summed E-state index contributed by atoms with van der Waals surface area (Å²) in [5.41, 5.74) is 4.42. The normalized spacial score (nSPS) is 18.8. The molecule has 1 aliphatic heterocycles. The molecule has 0 aromatic heterocycles. The molecule has 0 radical (unpaired) electrons. The number of rotatable bonds is 7. The van der Waals surface area contributed by atoms with E-state index in [1.807, 2.05) is 19.9 Å². The molecule has 8 heteroatoms. The van der Waals surface area contributed by atoms with Gasteiger partial charge in [0.15, 0.2) is 0 Å². The molecule has 0 bridgehead atoms. The first-order valence-electron chi connectivity index (χ1n) is 12.4. The zero-order chi connectivity index (χ0) is 26.2. The highest BCUT2D eigenvalue weighted by atomic mass is 32.2. The molecule has 2 aliphatic rings. The van der Waals surface area contributed by atoms with Gasteiger partial charge < -0.3 is 0 Å². The van der Waals surface area contributed by atoms with Gasteiger partial charge in [0.1, 0.15) is 11.9 Å². The smallest absolute Gasteiger partial charge is 0.252 e. The third-order valence-electron chi connectivity index (χ3n) is 7.46. The molecule has 0 N–H and O–H groups in total. The van der Waals surface area contributed by atoms with Crippen LogP contribution in [0.25, 0.3) is 0 Å². The number of benzene rings is 2. The molecule has 2 aromatic rings. The second kappa shape index (κ2) is 10.3. The maximum absolute atomic E-state index is 14.3. The van der Waals surface area contributed by atoms with Crippen molar-refractivity contribution < 1.29 is 22.4 Å². The minimum absolute atomic E-state index is 0.112. The van der Waals surface area contributed by atoms with Crippen molar-refractivity contribution in [3.63, 3.8) is 0 Å². The number of imide groups is 1. The van der Waals surface area contributed by atoms with Crippen molar-refractivity contribution in [2.75, 3.05) is 11.4 Å². The molecule has 2 aromatic carbocycles. The lowest BCUT2D eigenvalue weighted by molar-refractivity contribution is -0.122. The number of carbonyl (C=O) groups is 2. The number of hydrogen-bond donors (Lipinski definition) is 0. The Morgan fingerprint density at radius 1 is 1.00 bits per heavy atom. The van der Waals surface area contributed by atoms with E-state index in [4.69, 9.17) is 0 Å². The number of amides is 2. The molecule has 1 atom stereocenters. The van der Waals surface area contributed by atoms with E-state index >= 15 is 0 Å². The van der Waals surface area contributed by atoms with Gasteiger partial charge in [-0.2, -0.15) is 4.31 Å². The van der Waals surface area contributed by atoms with Gasteiger partial charge in [0.25, 0.3) is 5.91 Å². The van der Waals surface area contributed by atoms with E-state index in [1.165, 1.54) is 34.1 Å². The molecular formula is C28H33FN2O4S. The minimum atomic E-state index is -4.11. The van der Waals surface area contributed by atoms with E-state index in [9.17, 15) is 22.4 Å². The Labute approximate surface area is 212 Å². The van der Waals surface area contributed by atoms with Gasteiger partial charge in [-0.3, -0.25) is 9.59 Å². The quantitative estimate of drug-likeness (QED) is 0.374. The maximum Gasteiger partial charge on any atom is 0.252 e. The lowest BCUT2D eigenvalue weighted by Crippen LogP contribution is -2.46. The zero-order valence-electron chi connectivity index (χ0n) is 21.3. The molecule has 1 fully saturated rings. The van der Waals surface area contributed by atoms with E-state index in [0.29, 0.717) is 17.5 Å². The minimum Gasteiger partial charge on any atom is -0.274 e. The summed E-state index contributed by atoms with van der Waals surface area (Å²) >= 11 is 0. The molecule has 0 saturated carbocycles. The molecule has 36 heavy (non-hydrogen) atoms. The van der Waals surface area contributed by atoms with Gasteiger partial charge in [0.2, 0.25) is 15.9 Å². The van der Waals surface area contributed by atoms with Crippen molar-refractivity contribution in [1.82, 2.24) is 4.31 Å². The number of halogens is 1. The van der Waals surface area contributed by atoms with E-state index in [2.05, 4.69) is 6.08 Å². The largest absolute Gasteiger partial charge is 0.274 e. The highest BCUT2D eigenvalue weighted by molar-refractivity contribution is 7.89. The summed E-state index contributed by atoms with van der Waals surface area (Å²) in [6, 6.07) is 5.87. The van der Waals surface area contributed by atoms with Crippen LogP contribution in [0.15, 0.2) is 46.9 Å². The maximum atomic E-state index is 14.3. The standard InChI is InChI=1S/C28H33FN2O4S/c1-18-16-19(2)21(4)27(20(18)3)36(34,35)30(15-14-22-8-6-5-7-9-22)25-17-26(32)31(28(25)33)24-12-10-23(29)11-13-24/h8,10-13,16,25H,5-7,9,14-15,17H2,1-4H3. The van der Waals surface area contributed by atoms with E-state index in [1.54, 1.807) is 13.8 Å². The Balaban J connectivity index is 1.77. The van der Waals surface area contributed by atoms with Crippen molar-refractivity contribution in [3.8, 4) is 0 Å². The van der Waals surface area contributed by atoms with Crippen molar-refractivity contribution in [2.45, 2.75) is 77.2 Å².